The van der Waals surface area contributed by atoms with Crippen molar-refractivity contribution in [3.05, 3.63) is 35.6 Å². The molecule has 1 aromatic carbocycles. The molecule has 0 aliphatic rings. The van der Waals surface area contributed by atoms with E-state index in [1.165, 1.54) is 12.1 Å². The molecule has 0 saturated carbocycles. The highest BCUT2D eigenvalue weighted by Gasteiger charge is 2.09. The van der Waals surface area contributed by atoms with Crippen LogP contribution < -0.4 is 5.32 Å². The maximum Gasteiger partial charge on any atom is 0.303 e. The molecular formula is C15H21FN2O3. The first-order valence-corrected chi connectivity index (χ1v) is 6.96. The predicted molar refractivity (Wildman–Crippen MR) is 77.2 cm³/mol. The third-order valence-electron chi connectivity index (χ3n) is 3.08. The Balaban J connectivity index is 2.30. The van der Waals surface area contributed by atoms with Gasteiger partial charge in [0.2, 0.25) is 5.91 Å². The standard InChI is InChI=1S/C15H21FN2O3/c1-2-18(9-3-4-15(20)21)11-14(19)17-10-12-5-7-13(16)8-6-12/h5-8H,2-4,9-11H2,1H3,(H,17,19)(H,20,21). The molecule has 0 atom stereocenters. The predicted octanol–water partition coefficient (Wildman–Crippen LogP) is 1.63. The Morgan fingerprint density at radius 1 is 1.29 bits per heavy atom. The van der Waals surface area contributed by atoms with E-state index >= 15 is 0 Å². The van der Waals surface area contributed by atoms with Crippen molar-refractivity contribution < 1.29 is 19.1 Å². The van der Waals surface area contributed by atoms with E-state index in [1.807, 2.05) is 11.8 Å². The molecular weight excluding hydrogens is 275 g/mol. The van der Waals surface area contributed by atoms with Gasteiger partial charge in [0.05, 0.1) is 6.54 Å². The highest BCUT2D eigenvalue weighted by Crippen LogP contribution is 2.02. The largest absolute Gasteiger partial charge is 0.481 e. The smallest absolute Gasteiger partial charge is 0.303 e. The van der Waals surface area contributed by atoms with Crippen LogP contribution in [0.3, 0.4) is 0 Å². The Hall–Kier alpha value is -1.95. The monoisotopic (exact) mass is 296 g/mol. The number of carbonyl (C=O) groups excluding carboxylic acids is 1. The second-order valence-electron chi connectivity index (χ2n) is 4.77. The van der Waals surface area contributed by atoms with Crippen molar-refractivity contribution in [3.63, 3.8) is 0 Å². The number of hydrogen-bond donors (Lipinski definition) is 2. The molecule has 0 saturated heterocycles. The molecule has 1 rings (SSSR count). The van der Waals surface area contributed by atoms with Crippen LogP contribution >= 0.6 is 0 Å². The highest BCUT2D eigenvalue weighted by molar-refractivity contribution is 5.78. The maximum absolute atomic E-state index is 12.7. The zero-order valence-corrected chi connectivity index (χ0v) is 12.1. The van der Waals surface area contributed by atoms with Crippen molar-refractivity contribution in [1.82, 2.24) is 10.2 Å². The van der Waals surface area contributed by atoms with E-state index in [1.54, 1.807) is 12.1 Å². The first kappa shape index (κ1) is 17.1. The van der Waals surface area contributed by atoms with Crippen LogP contribution in [0.4, 0.5) is 4.39 Å². The number of benzene rings is 1. The van der Waals surface area contributed by atoms with Crippen LogP contribution in [0.1, 0.15) is 25.3 Å². The fourth-order valence-electron chi connectivity index (χ4n) is 1.86. The summed E-state index contributed by atoms with van der Waals surface area (Å²) in [6.07, 6.45) is 0.627. The van der Waals surface area contributed by atoms with E-state index in [0.717, 1.165) is 5.56 Å². The summed E-state index contributed by atoms with van der Waals surface area (Å²) < 4.78 is 12.7. The lowest BCUT2D eigenvalue weighted by Crippen LogP contribution is -2.37. The summed E-state index contributed by atoms with van der Waals surface area (Å²) in [6, 6.07) is 5.96. The van der Waals surface area contributed by atoms with Gasteiger partial charge in [-0.05, 0) is 37.2 Å². The van der Waals surface area contributed by atoms with E-state index in [-0.39, 0.29) is 24.7 Å². The minimum absolute atomic E-state index is 0.105. The number of nitrogens with one attached hydrogen (secondary N) is 1. The lowest BCUT2D eigenvalue weighted by molar-refractivity contribution is -0.137. The van der Waals surface area contributed by atoms with Gasteiger partial charge in [0.1, 0.15) is 5.82 Å². The zero-order chi connectivity index (χ0) is 15.7. The Morgan fingerprint density at radius 3 is 2.52 bits per heavy atom. The molecule has 0 aliphatic carbocycles. The molecule has 0 radical (unpaired) electrons. The van der Waals surface area contributed by atoms with Gasteiger partial charge in [-0.2, -0.15) is 0 Å². The van der Waals surface area contributed by atoms with Gasteiger partial charge in [0, 0.05) is 13.0 Å². The maximum atomic E-state index is 12.7. The van der Waals surface area contributed by atoms with E-state index in [0.29, 0.717) is 26.1 Å². The van der Waals surface area contributed by atoms with Crippen LogP contribution in [0.15, 0.2) is 24.3 Å². The molecule has 21 heavy (non-hydrogen) atoms. The molecule has 1 amide bonds. The lowest BCUT2D eigenvalue weighted by Gasteiger charge is -2.19. The van der Waals surface area contributed by atoms with Crippen LogP contribution in [0, 0.1) is 5.82 Å². The van der Waals surface area contributed by atoms with Gasteiger partial charge < -0.3 is 10.4 Å². The van der Waals surface area contributed by atoms with Gasteiger partial charge >= 0.3 is 5.97 Å². The van der Waals surface area contributed by atoms with Crippen LogP contribution in [0.2, 0.25) is 0 Å². The number of carbonyl (C=O) groups is 2. The summed E-state index contributed by atoms with van der Waals surface area (Å²) in [5, 5.41) is 11.3. The highest BCUT2D eigenvalue weighted by atomic mass is 19.1. The Labute approximate surface area is 123 Å². The Morgan fingerprint density at radius 2 is 1.95 bits per heavy atom. The molecule has 0 aliphatic heterocycles. The van der Waals surface area contributed by atoms with Crippen LogP contribution in [-0.4, -0.2) is 41.5 Å². The normalized spacial score (nSPS) is 10.6. The summed E-state index contributed by atoms with van der Waals surface area (Å²) >= 11 is 0. The minimum Gasteiger partial charge on any atom is -0.481 e. The molecule has 6 heteroatoms. The number of rotatable bonds is 9. The number of nitrogens with zero attached hydrogens (tertiary/aromatic N) is 1. The number of carboxylic acids is 1. The van der Waals surface area contributed by atoms with Gasteiger partial charge in [-0.15, -0.1) is 0 Å². The molecule has 116 valence electrons. The molecule has 0 bridgehead atoms. The zero-order valence-electron chi connectivity index (χ0n) is 12.1. The molecule has 0 spiro atoms. The van der Waals surface area contributed by atoms with Gasteiger partial charge in [-0.1, -0.05) is 19.1 Å². The van der Waals surface area contributed by atoms with Crippen molar-refractivity contribution in [2.75, 3.05) is 19.6 Å². The van der Waals surface area contributed by atoms with Gasteiger partial charge in [-0.3, -0.25) is 14.5 Å². The van der Waals surface area contributed by atoms with Crippen molar-refractivity contribution in [1.29, 1.82) is 0 Å². The summed E-state index contributed by atoms with van der Waals surface area (Å²) in [5.74, 6) is -1.26. The average Bonchev–Trinajstić information content (AvgIpc) is 2.45. The van der Waals surface area contributed by atoms with E-state index in [2.05, 4.69) is 5.32 Å². The fraction of sp³-hybridized carbons (Fsp3) is 0.467. The lowest BCUT2D eigenvalue weighted by atomic mass is 10.2. The van der Waals surface area contributed by atoms with Crippen LogP contribution in [0.5, 0.6) is 0 Å². The van der Waals surface area contributed by atoms with Gasteiger partial charge in [0.15, 0.2) is 0 Å². The quantitative estimate of drug-likeness (QED) is 0.726. The molecule has 0 aromatic heterocycles. The van der Waals surface area contributed by atoms with Gasteiger partial charge in [0.25, 0.3) is 0 Å². The SMILES string of the molecule is CCN(CCCC(=O)O)CC(=O)NCc1ccc(F)cc1. The number of halogens is 1. The summed E-state index contributed by atoms with van der Waals surface area (Å²) in [4.78, 5) is 24.1. The second kappa shape index (κ2) is 9.07. The van der Waals surface area contributed by atoms with Crippen LogP contribution in [-0.2, 0) is 16.1 Å². The number of likely N-dealkylation sites (N-methyl/N-ethyl adjacent to an activating group) is 1. The summed E-state index contributed by atoms with van der Waals surface area (Å²) in [6.45, 7) is 3.77. The molecule has 2 N–H and O–H groups in total. The van der Waals surface area contributed by atoms with E-state index < -0.39 is 5.97 Å². The average molecular weight is 296 g/mol. The second-order valence-corrected chi connectivity index (χ2v) is 4.77. The molecule has 0 heterocycles. The van der Waals surface area contributed by atoms with Crippen molar-refractivity contribution in [2.45, 2.75) is 26.3 Å². The van der Waals surface area contributed by atoms with Crippen LogP contribution in [0.25, 0.3) is 0 Å². The molecule has 1 aromatic rings. The minimum atomic E-state index is -0.827. The van der Waals surface area contributed by atoms with E-state index in [4.69, 9.17) is 5.11 Å². The third kappa shape index (κ3) is 7.41. The van der Waals surface area contributed by atoms with Crippen molar-refractivity contribution >= 4 is 11.9 Å². The van der Waals surface area contributed by atoms with E-state index in [9.17, 15) is 14.0 Å². The molecule has 5 nitrogen and oxygen atoms in total. The third-order valence-corrected chi connectivity index (χ3v) is 3.08. The first-order chi connectivity index (χ1) is 10.0. The topological polar surface area (TPSA) is 69.6 Å². The first-order valence-electron chi connectivity index (χ1n) is 6.96. The molecule has 0 fully saturated rings. The number of hydrogen-bond acceptors (Lipinski definition) is 3. The molecule has 0 unspecified atom stereocenters. The summed E-state index contributed by atoms with van der Waals surface area (Å²) in [5.41, 5.74) is 0.832. The Bertz CT molecular complexity index is 462. The number of aliphatic carboxylic acids is 1. The van der Waals surface area contributed by atoms with Crippen molar-refractivity contribution in [3.8, 4) is 0 Å². The number of amides is 1. The summed E-state index contributed by atoms with van der Waals surface area (Å²) in [7, 11) is 0. The van der Waals surface area contributed by atoms with Crippen molar-refractivity contribution in [2.24, 2.45) is 0 Å². The number of carboxylic acid groups (broad SMARTS) is 1. The van der Waals surface area contributed by atoms with Gasteiger partial charge in [-0.25, -0.2) is 4.39 Å². The fourth-order valence-corrected chi connectivity index (χ4v) is 1.86. The Kier molecular flexibility index (Phi) is 7.39.